The molecule has 20 heavy (non-hydrogen) atoms. The van der Waals surface area contributed by atoms with E-state index in [2.05, 4.69) is 15.9 Å². The largest absolute Gasteiger partial charge is 0.396 e. The van der Waals surface area contributed by atoms with Gasteiger partial charge in [0.1, 0.15) is 4.90 Å². The number of nitrogens with zero attached hydrogens (tertiary/aromatic N) is 1. The maximum atomic E-state index is 11.5. The number of thiophene rings is 1. The van der Waals surface area contributed by atoms with Gasteiger partial charge in [0.05, 0.1) is 15.2 Å². The number of nitrogens with two attached hydrogens (primary N) is 2. The fourth-order valence-corrected chi connectivity index (χ4v) is 3.78. The topological polar surface area (TPSA) is 89.4 Å². The summed E-state index contributed by atoms with van der Waals surface area (Å²) in [6.45, 7) is 0.625. The molecule has 2 rings (SSSR count). The van der Waals surface area contributed by atoms with Gasteiger partial charge in [0.25, 0.3) is 0 Å². The number of primary sulfonamides is 1. The second kappa shape index (κ2) is 5.72. The number of benzene rings is 1. The van der Waals surface area contributed by atoms with E-state index in [1.165, 1.54) is 6.07 Å². The Morgan fingerprint density at radius 3 is 2.65 bits per heavy atom. The molecule has 0 saturated heterocycles. The van der Waals surface area contributed by atoms with Gasteiger partial charge in [0.2, 0.25) is 10.0 Å². The van der Waals surface area contributed by atoms with E-state index >= 15 is 0 Å². The lowest BCUT2D eigenvalue weighted by atomic mass is 10.2. The van der Waals surface area contributed by atoms with E-state index in [0.717, 1.165) is 9.35 Å². The molecule has 2 aromatic rings. The van der Waals surface area contributed by atoms with Crippen molar-refractivity contribution in [2.45, 2.75) is 11.4 Å². The number of nitrogen functional groups attached to an aromatic ring is 1. The molecule has 0 saturated carbocycles. The SMILES string of the molecule is CN(Cc1csc(Br)c1)c1cccc(S(N)(=O)=O)c1N. The zero-order valence-corrected chi connectivity index (χ0v) is 13.9. The van der Waals surface area contributed by atoms with Crippen LogP contribution >= 0.6 is 27.3 Å². The van der Waals surface area contributed by atoms with Crippen molar-refractivity contribution in [3.8, 4) is 0 Å². The van der Waals surface area contributed by atoms with Crippen LogP contribution in [0.4, 0.5) is 11.4 Å². The molecule has 4 N–H and O–H groups in total. The van der Waals surface area contributed by atoms with Crippen LogP contribution in [0.15, 0.2) is 38.3 Å². The van der Waals surface area contributed by atoms with Crippen molar-refractivity contribution in [3.63, 3.8) is 0 Å². The summed E-state index contributed by atoms with van der Waals surface area (Å²) in [5, 5.41) is 7.18. The minimum atomic E-state index is -3.82. The first-order valence-electron chi connectivity index (χ1n) is 5.64. The van der Waals surface area contributed by atoms with Gasteiger partial charge in [0, 0.05) is 13.6 Å². The first kappa shape index (κ1) is 15.3. The Hall–Kier alpha value is -1.09. The summed E-state index contributed by atoms with van der Waals surface area (Å²) < 4.78 is 24.0. The van der Waals surface area contributed by atoms with E-state index in [-0.39, 0.29) is 10.6 Å². The van der Waals surface area contributed by atoms with E-state index in [9.17, 15) is 8.42 Å². The highest BCUT2D eigenvalue weighted by atomic mass is 79.9. The molecule has 1 aromatic heterocycles. The van der Waals surface area contributed by atoms with Gasteiger partial charge in [-0.3, -0.25) is 0 Å². The van der Waals surface area contributed by atoms with E-state index in [4.69, 9.17) is 10.9 Å². The van der Waals surface area contributed by atoms with Gasteiger partial charge in [-0.25, -0.2) is 13.6 Å². The lowest BCUT2D eigenvalue weighted by Crippen LogP contribution is -2.20. The number of rotatable bonds is 4. The molecule has 0 spiro atoms. The number of para-hydroxylation sites is 1. The summed E-state index contributed by atoms with van der Waals surface area (Å²) >= 11 is 5.01. The van der Waals surface area contributed by atoms with Crippen LogP contribution in [0, 0.1) is 0 Å². The molecule has 0 fully saturated rings. The highest BCUT2D eigenvalue weighted by molar-refractivity contribution is 9.11. The molecule has 1 heterocycles. The number of hydrogen-bond donors (Lipinski definition) is 2. The molecule has 0 atom stereocenters. The molecule has 0 unspecified atom stereocenters. The molecule has 1 aromatic carbocycles. The third-order valence-electron chi connectivity index (χ3n) is 2.80. The quantitative estimate of drug-likeness (QED) is 0.802. The Bertz CT molecular complexity index is 728. The van der Waals surface area contributed by atoms with E-state index in [1.54, 1.807) is 23.5 Å². The average molecular weight is 376 g/mol. The Labute approximate surface area is 130 Å². The summed E-state index contributed by atoms with van der Waals surface area (Å²) in [7, 11) is -1.96. The Morgan fingerprint density at radius 1 is 1.40 bits per heavy atom. The second-order valence-corrected chi connectivity index (χ2v) is 8.17. The van der Waals surface area contributed by atoms with Crippen molar-refractivity contribution in [2.24, 2.45) is 5.14 Å². The zero-order valence-electron chi connectivity index (χ0n) is 10.7. The molecule has 0 aliphatic rings. The van der Waals surface area contributed by atoms with Crippen LogP contribution in [-0.4, -0.2) is 15.5 Å². The normalized spacial score (nSPS) is 11.6. The Kier molecular flexibility index (Phi) is 4.38. The van der Waals surface area contributed by atoms with E-state index < -0.39 is 10.0 Å². The van der Waals surface area contributed by atoms with Crippen LogP contribution in [0.2, 0.25) is 0 Å². The maximum Gasteiger partial charge on any atom is 0.240 e. The predicted molar refractivity (Wildman–Crippen MR) is 86.4 cm³/mol. The van der Waals surface area contributed by atoms with Crippen LogP contribution in [0.5, 0.6) is 0 Å². The molecule has 0 bridgehead atoms. The average Bonchev–Trinajstić information content (AvgIpc) is 2.73. The molecule has 108 valence electrons. The van der Waals surface area contributed by atoms with Crippen LogP contribution in [0.25, 0.3) is 0 Å². The van der Waals surface area contributed by atoms with Gasteiger partial charge in [-0.2, -0.15) is 0 Å². The lowest BCUT2D eigenvalue weighted by molar-refractivity contribution is 0.598. The standard InChI is InChI=1S/C12H14BrN3O2S2/c1-16(6-8-5-11(13)19-7-8)9-3-2-4-10(12(9)14)20(15,17)18/h2-5,7H,6,14H2,1H3,(H2,15,17,18). The van der Waals surface area contributed by atoms with Gasteiger partial charge < -0.3 is 10.6 Å². The summed E-state index contributed by atoms with van der Waals surface area (Å²) in [6, 6.07) is 6.82. The van der Waals surface area contributed by atoms with E-state index in [1.807, 2.05) is 23.4 Å². The third kappa shape index (κ3) is 3.32. The van der Waals surface area contributed by atoms with Gasteiger partial charge in [-0.15, -0.1) is 11.3 Å². The lowest BCUT2D eigenvalue weighted by Gasteiger charge is -2.21. The van der Waals surface area contributed by atoms with Crippen molar-refractivity contribution in [3.05, 3.63) is 39.0 Å². The first-order chi connectivity index (χ1) is 9.29. The minimum absolute atomic E-state index is 0.0478. The third-order valence-corrected chi connectivity index (χ3v) is 5.32. The van der Waals surface area contributed by atoms with Gasteiger partial charge in [-0.05, 0) is 45.1 Å². The summed E-state index contributed by atoms with van der Waals surface area (Å²) in [5.41, 5.74) is 7.85. The fraction of sp³-hybridized carbons (Fsp3) is 0.167. The van der Waals surface area contributed by atoms with Crippen molar-refractivity contribution < 1.29 is 8.42 Å². The molecule has 0 radical (unpaired) electrons. The Morgan fingerprint density at radius 2 is 2.10 bits per heavy atom. The molecular formula is C12H14BrN3O2S2. The van der Waals surface area contributed by atoms with Crippen LogP contribution in [0.1, 0.15) is 5.56 Å². The minimum Gasteiger partial charge on any atom is -0.396 e. The van der Waals surface area contributed by atoms with Crippen LogP contribution in [0.3, 0.4) is 0 Å². The molecule has 5 nitrogen and oxygen atoms in total. The summed E-state index contributed by atoms with van der Waals surface area (Å²) in [5.74, 6) is 0. The van der Waals surface area contributed by atoms with Crippen molar-refractivity contribution >= 4 is 48.7 Å². The zero-order chi connectivity index (χ0) is 14.9. The van der Waals surface area contributed by atoms with E-state index in [0.29, 0.717) is 12.2 Å². The monoisotopic (exact) mass is 375 g/mol. The van der Waals surface area contributed by atoms with Crippen LogP contribution < -0.4 is 15.8 Å². The van der Waals surface area contributed by atoms with Crippen molar-refractivity contribution in [1.29, 1.82) is 0 Å². The maximum absolute atomic E-state index is 11.5. The van der Waals surface area contributed by atoms with Gasteiger partial charge in [0.15, 0.2) is 0 Å². The van der Waals surface area contributed by atoms with Gasteiger partial charge in [-0.1, -0.05) is 6.07 Å². The number of hydrogen-bond acceptors (Lipinski definition) is 5. The molecule has 0 amide bonds. The van der Waals surface area contributed by atoms with Crippen LogP contribution in [-0.2, 0) is 16.6 Å². The van der Waals surface area contributed by atoms with Crippen molar-refractivity contribution in [2.75, 3.05) is 17.7 Å². The highest BCUT2D eigenvalue weighted by Gasteiger charge is 2.16. The molecular weight excluding hydrogens is 362 g/mol. The highest BCUT2D eigenvalue weighted by Crippen LogP contribution is 2.30. The van der Waals surface area contributed by atoms with Gasteiger partial charge >= 0.3 is 0 Å². The molecule has 8 heteroatoms. The molecule has 0 aliphatic carbocycles. The number of halogens is 1. The van der Waals surface area contributed by atoms with Crippen molar-refractivity contribution in [1.82, 2.24) is 0 Å². The smallest absolute Gasteiger partial charge is 0.240 e. The first-order valence-corrected chi connectivity index (χ1v) is 8.86. The predicted octanol–water partition coefficient (Wildman–Crippen LogP) is 2.38. The second-order valence-electron chi connectivity index (χ2n) is 4.35. The summed E-state index contributed by atoms with van der Waals surface area (Å²) in [6.07, 6.45) is 0. The summed E-state index contributed by atoms with van der Waals surface area (Å²) in [4.78, 5) is 1.84. The number of anilines is 2. The fourth-order valence-electron chi connectivity index (χ4n) is 1.90. The number of sulfonamides is 1. The Balaban J connectivity index is 2.33. The molecule has 0 aliphatic heterocycles.